The van der Waals surface area contributed by atoms with Crippen molar-refractivity contribution in [3.63, 3.8) is 0 Å². The van der Waals surface area contributed by atoms with Crippen LogP contribution in [0.3, 0.4) is 0 Å². The van der Waals surface area contributed by atoms with Crippen molar-refractivity contribution >= 4 is 40.7 Å². The number of carboxylic acids is 1. The molecule has 8 heteroatoms. The molecule has 0 spiro atoms. The maximum Gasteiger partial charge on any atom is 0.329 e. The molecule has 1 aromatic carbocycles. The summed E-state index contributed by atoms with van der Waals surface area (Å²) in [5, 5.41) is 13.5. The van der Waals surface area contributed by atoms with Crippen molar-refractivity contribution in [1.82, 2.24) is 10.2 Å². The average molecular weight is 433 g/mol. The highest BCUT2D eigenvalue weighted by Gasteiger charge is 2.69. The molecule has 0 radical (unpaired) electrons. The number of nitrogens with one attached hydrogen (secondary N) is 1. The van der Waals surface area contributed by atoms with Gasteiger partial charge in [0.15, 0.2) is 5.54 Å². The normalized spacial score (nSPS) is 28.8. The number of halogens is 1. The molecule has 2 aliphatic heterocycles. The lowest BCUT2D eigenvalue weighted by Crippen LogP contribution is -2.53. The number of imide groups is 1. The molecule has 4 rings (SSSR count). The van der Waals surface area contributed by atoms with Crippen LogP contribution in [0.4, 0.5) is 0 Å². The van der Waals surface area contributed by atoms with Crippen LogP contribution in [0, 0.1) is 11.8 Å². The Hall–Kier alpha value is -2.22. The third-order valence-corrected chi connectivity index (χ3v) is 7.17. The van der Waals surface area contributed by atoms with E-state index in [1.54, 1.807) is 42.5 Å². The highest BCUT2D eigenvalue weighted by Crippen LogP contribution is 2.54. The highest BCUT2D eigenvalue weighted by atomic mass is 35.5. The van der Waals surface area contributed by atoms with Gasteiger partial charge in [-0.2, -0.15) is 0 Å². The number of aliphatic carboxylic acids is 1. The molecule has 152 valence electrons. The fourth-order valence-corrected chi connectivity index (χ4v) is 5.69. The maximum atomic E-state index is 13.4. The molecular formula is C21H21ClN2O4S. The van der Waals surface area contributed by atoms with Gasteiger partial charge in [-0.05, 0) is 24.1 Å². The molecule has 4 atom stereocenters. The Morgan fingerprint density at radius 3 is 2.52 bits per heavy atom. The zero-order chi connectivity index (χ0) is 20.8. The van der Waals surface area contributed by atoms with Crippen molar-refractivity contribution in [2.75, 3.05) is 6.54 Å². The van der Waals surface area contributed by atoms with E-state index in [-0.39, 0.29) is 5.91 Å². The first-order valence-corrected chi connectivity index (χ1v) is 10.8. The molecule has 29 heavy (non-hydrogen) atoms. The molecule has 0 aliphatic carbocycles. The van der Waals surface area contributed by atoms with Crippen molar-refractivity contribution < 1.29 is 19.5 Å². The minimum absolute atomic E-state index is 0.309. The van der Waals surface area contributed by atoms with Gasteiger partial charge in [0, 0.05) is 11.4 Å². The zero-order valence-electron chi connectivity index (χ0n) is 15.8. The maximum absolute atomic E-state index is 13.4. The lowest BCUT2D eigenvalue weighted by Gasteiger charge is -2.31. The van der Waals surface area contributed by atoms with Crippen molar-refractivity contribution in [2.45, 2.75) is 31.3 Å². The van der Waals surface area contributed by atoms with Crippen LogP contribution >= 0.6 is 22.9 Å². The smallest absolute Gasteiger partial charge is 0.329 e. The van der Waals surface area contributed by atoms with Gasteiger partial charge in [-0.15, -0.1) is 11.3 Å². The summed E-state index contributed by atoms with van der Waals surface area (Å²) >= 11 is 7.40. The Morgan fingerprint density at radius 2 is 1.93 bits per heavy atom. The average Bonchev–Trinajstić information content (AvgIpc) is 3.36. The monoisotopic (exact) mass is 432 g/mol. The summed E-state index contributed by atoms with van der Waals surface area (Å²) in [6.45, 7) is 2.29. The van der Waals surface area contributed by atoms with Crippen molar-refractivity contribution in [3.8, 4) is 0 Å². The van der Waals surface area contributed by atoms with Gasteiger partial charge in [-0.3, -0.25) is 19.8 Å². The number of carbonyl (C=O) groups excluding carboxylic acids is 2. The molecule has 2 amide bonds. The molecule has 4 unspecified atom stereocenters. The predicted octanol–water partition coefficient (Wildman–Crippen LogP) is 3.43. The lowest BCUT2D eigenvalue weighted by atomic mass is 9.76. The number of carbonyl (C=O) groups is 3. The van der Waals surface area contributed by atoms with E-state index in [0.717, 1.165) is 11.3 Å². The van der Waals surface area contributed by atoms with Gasteiger partial charge in [-0.1, -0.05) is 55.3 Å². The van der Waals surface area contributed by atoms with E-state index in [9.17, 15) is 19.5 Å². The first-order valence-electron chi connectivity index (χ1n) is 9.59. The molecule has 0 bridgehead atoms. The third-order valence-electron chi connectivity index (χ3n) is 5.85. The molecule has 2 fully saturated rings. The molecule has 3 heterocycles. The van der Waals surface area contributed by atoms with E-state index in [0.29, 0.717) is 22.9 Å². The van der Waals surface area contributed by atoms with E-state index in [2.05, 4.69) is 5.32 Å². The van der Waals surface area contributed by atoms with Crippen molar-refractivity contribution in [3.05, 3.63) is 57.2 Å². The Labute approximate surface area is 177 Å². The van der Waals surface area contributed by atoms with E-state index in [4.69, 9.17) is 11.6 Å². The van der Waals surface area contributed by atoms with Crippen LogP contribution in [0.5, 0.6) is 0 Å². The quantitative estimate of drug-likeness (QED) is 0.683. The largest absolute Gasteiger partial charge is 0.480 e. The number of amides is 2. The molecule has 1 aromatic heterocycles. The zero-order valence-corrected chi connectivity index (χ0v) is 17.4. The number of hydrogen-bond donors (Lipinski definition) is 2. The number of benzene rings is 1. The number of thiophene rings is 1. The van der Waals surface area contributed by atoms with E-state index in [1.807, 2.05) is 6.92 Å². The third kappa shape index (κ3) is 2.99. The van der Waals surface area contributed by atoms with Crippen molar-refractivity contribution in [1.29, 1.82) is 0 Å². The second kappa shape index (κ2) is 7.55. The summed E-state index contributed by atoms with van der Waals surface area (Å²) in [7, 11) is 0. The summed E-state index contributed by atoms with van der Waals surface area (Å²) in [6.07, 6.45) is 1.52. The number of carboxylic acid groups (broad SMARTS) is 1. The summed E-state index contributed by atoms with van der Waals surface area (Å²) in [5.74, 6) is -3.70. The summed E-state index contributed by atoms with van der Waals surface area (Å²) in [6, 6.07) is 11.6. The SMILES string of the molecule is CCCCN1C(=O)C2C(c3ccc(Cl)s3)NC(C(=O)O)(c3ccccc3)C2C1=O. The standard InChI is InChI=1S/C21H21ClN2O4S/c1-2-3-11-24-18(25)15-16(19(24)26)21(20(27)28,12-7-5-4-6-8-12)23-17(15)13-9-10-14(22)29-13/h4-10,15-17,23H,2-3,11H2,1H3,(H,27,28). The second-order valence-corrected chi connectivity index (χ2v) is 9.17. The fourth-order valence-electron chi connectivity index (χ4n) is 4.53. The van der Waals surface area contributed by atoms with E-state index >= 15 is 0 Å². The minimum Gasteiger partial charge on any atom is -0.480 e. The van der Waals surface area contributed by atoms with Crippen LogP contribution < -0.4 is 5.32 Å². The van der Waals surface area contributed by atoms with Crippen LogP contribution in [-0.2, 0) is 19.9 Å². The minimum atomic E-state index is -1.68. The van der Waals surface area contributed by atoms with Crippen LogP contribution in [0.1, 0.15) is 36.2 Å². The number of nitrogens with zero attached hydrogens (tertiary/aromatic N) is 1. The molecule has 0 saturated carbocycles. The van der Waals surface area contributed by atoms with Gasteiger partial charge in [-0.25, -0.2) is 4.79 Å². The van der Waals surface area contributed by atoms with Crippen LogP contribution in [-0.4, -0.2) is 34.3 Å². The van der Waals surface area contributed by atoms with Crippen LogP contribution in [0.2, 0.25) is 4.34 Å². The fraction of sp³-hybridized carbons (Fsp3) is 0.381. The molecule has 2 saturated heterocycles. The Morgan fingerprint density at radius 1 is 1.21 bits per heavy atom. The molecule has 2 aliphatic rings. The molecule has 2 N–H and O–H groups in total. The summed E-state index contributed by atoms with van der Waals surface area (Å²) in [5.41, 5.74) is -1.22. The first-order chi connectivity index (χ1) is 13.9. The second-order valence-electron chi connectivity index (χ2n) is 7.43. The topological polar surface area (TPSA) is 86.7 Å². The lowest BCUT2D eigenvalue weighted by molar-refractivity contribution is -0.152. The summed E-state index contributed by atoms with van der Waals surface area (Å²) < 4.78 is 0.547. The van der Waals surface area contributed by atoms with Crippen LogP contribution in [0.15, 0.2) is 42.5 Å². The summed E-state index contributed by atoms with van der Waals surface area (Å²) in [4.78, 5) is 41.3. The molecule has 2 aromatic rings. The van der Waals surface area contributed by atoms with Gasteiger partial charge in [0.25, 0.3) is 0 Å². The van der Waals surface area contributed by atoms with Gasteiger partial charge < -0.3 is 5.11 Å². The Bertz CT molecular complexity index is 963. The molecular weight excluding hydrogens is 412 g/mol. The number of unbranched alkanes of at least 4 members (excludes halogenated alkanes) is 1. The number of likely N-dealkylation sites (tertiary alicyclic amines) is 1. The van der Waals surface area contributed by atoms with Gasteiger partial charge in [0.2, 0.25) is 11.8 Å². The van der Waals surface area contributed by atoms with Crippen molar-refractivity contribution in [2.24, 2.45) is 11.8 Å². The Balaban J connectivity index is 1.88. The predicted molar refractivity (Wildman–Crippen MR) is 110 cm³/mol. The molecule has 6 nitrogen and oxygen atoms in total. The number of rotatable bonds is 6. The van der Waals surface area contributed by atoms with Crippen LogP contribution in [0.25, 0.3) is 0 Å². The highest BCUT2D eigenvalue weighted by molar-refractivity contribution is 7.16. The van der Waals surface area contributed by atoms with Gasteiger partial charge in [0.1, 0.15) is 0 Å². The first kappa shape index (κ1) is 20.1. The van der Waals surface area contributed by atoms with E-state index < -0.39 is 35.3 Å². The van der Waals surface area contributed by atoms with Gasteiger partial charge in [0.05, 0.1) is 22.2 Å². The Kier molecular flexibility index (Phi) is 5.23. The van der Waals surface area contributed by atoms with E-state index in [1.165, 1.54) is 16.2 Å². The number of hydrogen-bond acceptors (Lipinski definition) is 5. The number of fused-ring (bicyclic) bond motifs is 1. The van der Waals surface area contributed by atoms with Gasteiger partial charge >= 0.3 is 5.97 Å².